The number of para-hydroxylation sites is 1. The molecule has 88 valence electrons. The molecule has 0 atom stereocenters. The van der Waals surface area contributed by atoms with Crippen molar-refractivity contribution in [3.63, 3.8) is 0 Å². The molecule has 1 amide bonds. The fourth-order valence-electron chi connectivity index (χ4n) is 1.60. The normalized spacial score (nSPS) is 10.2. The summed E-state index contributed by atoms with van der Waals surface area (Å²) in [4.78, 5) is 12.0. The zero-order valence-electron chi connectivity index (χ0n) is 9.57. The molecule has 0 fully saturated rings. The van der Waals surface area contributed by atoms with Crippen molar-refractivity contribution in [2.24, 2.45) is 5.73 Å². The van der Waals surface area contributed by atoms with E-state index in [0.717, 1.165) is 22.4 Å². The first-order chi connectivity index (χ1) is 8.22. The predicted molar refractivity (Wildman–Crippen MR) is 71.3 cm³/mol. The second kappa shape index (κ2) is 5.12. The molecule has 0 aliphatic rings. The molecule has 1 aromatic heterocycles. The molecule has 0 saturated carbocycles. The van der Waals surface area contributed by atoms with Crippen molar-refractivity contribution in [3.05, 3.63) is 51.7 Å². The van der Waals surface area contributed by atoms with Crippen LogP contribution in [0.5, 0.6) is 0 Å². The summed E-state index contributed by atoms with van der Waals surface area (Å²) in [6.45, 7) is 2.35. The van der Waals surface area contributed by atoms with Crippen LogP contribution in [0.1, 0.15) is 21.5 Å². The van der Waals surface area contributed by atoms with E-state index in [-0.39, 0.29) is 5.91 Å². The van der Waals surface area contributed by atoms with E-state index in [9.17, 15) is 4.79 Å². The molecule has 2 aromatic rings. The molecule has 17 heavy (non-hydrogen) atoms. The molecule has 0 bridgehead atoms. The van der Waals surface area contributed by atoms with Crippen LogP contribution in [0.4, 0.5) is 5.69 Å². The van der Waals surface area contributed by atoms with Crippen molar-refractivity contribution >= 4 is 22.9 Å². The van der Waals surface area contributed by atoms with Crippen molar-refractivity contribution in [2.45, 2.75) is 13.5 Å². The van der Waals surface area contributed by atoms with Gasteiger partial charge < -0.3 is 11.1 Å². The van der Waals surface area contributed by atoms with Crippen LogP contribution in [0.15, 0.2) is 35.0 Å². The van der Waals surface area contributed by atoms with Gasteiger partial charge in [0.15, 0.2) is 0 Å². The zero-order chi connectivity index (χ0) is 12.3. The number of anilines is 1. The van der Waals surface area contributed by atoms with E-state index in [0.29, 0.717) is 6.54 Å². The molecule has 3 N–H and O–H groups in total. The van der Waals surface area contributed by atoms with Crippen LogP contribution in [0.2, 0.25) is 0 Å². The third-order valence-corrected chi connectivity index (χ3v) is 3.45. The molecule has 0 unspecified atom stereocenters. The number of nitrogens with one attached hydrogen (secondary N) is 1. The number of amides is 1. The largest absolute Gasteiger partial charge is 0.326 e. The minimum atomic E-state index is -0.0790. The van der Waals surface area contributed by atoms with Gasteiger partial charge in [-0.15, -0.1) is 0 Å². The van der Waals surface area contributed by atoms with E-state index in [1.807, 2.05) is 41.9 Å². The summed E-state index contributed by atoms with van der Waals surface area (Å²) in [6.07, 6.45) is 0. The third-order valence-electron chi connectivity index (χ3n) is 2.59. The summed E-state index contributed by atoms with van der Waals surface area (Å²) >= 11 is 1.53. The smallest absolute Gasteiger partial charge is 0.256 e. The highest BCUT2D eigenvalue weighted by Gasteiger charge is 2.11. The monoisotopic (exact) mass is 246 g/mol. The Hall–Kier alpha value is -1.65. The van der Waals surface area contributed by atoms with Crippen LogP contribution in [0.3, 0.4) is 0 Å². The molecule has 1 aromatic carbocycles. The van der Waals surface area contributed by atoms with Gasteiger partial charge in [-0.1, -0.05) is 18.2 Å². The lowest BCUT2D eigenvalue weighted by Gasteiger charge is -2.09. The SMILES string of the molecule is Cc1cscc1C(=O)Nc1ccccc1CN. The lowest BCUT2D eigenvalue weighted by molar-refractivity contribution is 0.102. The number of aryl methyl sites for hydroxylation is 1. The van der Waals surface area contributed by atoms with E-state index in [1.165, 1.54) is 11.3 Å². The van der Waals surface area contributed by atoms with Crippen molar-refractivity contribution in [3.8, 4) is 0 Å². The highest BCUT2D eigenvalue weighted by atomic mass is 32.1. The number of rotatable bonds is 3. The van der Waals surface area contributed by atoms with Crippen LogP contribution in [0.25, 0.3) is 0 Å². The Labute approximate surface area is 104 Å². The summed E-state index contributed by atoms with van der Waals surface area (Å²) in [5.41, 5.74) is 9.07. The van der Waals surface area contributed by atoms with Crippen LogP contribution >= 0.6 is 11.3 Å². The van der Waals surface area contributed by atoms with Crippen molar-refractivity contribution in [1.29, 1.82) is 0 Å². The maximum Gasteiger partial charge on any atom is 0.256 e. The fraction of sp³-hybridized carbons (Fsp3) is 0.154. The molecule has 1 heterocycles. The average molecular weight is 246 g/mol. The first kappa shape index (κ1) is 11.8. The predicted octanol–water partition coefficient (Wildman–Crippen LogP) is 2.77. The van der Waals surface area contributed by atoms with E-state index < -0.39 is 0 Å². The zero-order valence-corrected chi connectivity index (χ0v) is 10.4. The Morgan fingerprint density at radius 2 is 2.12 bits per heavy atom. The van der Waals surface area contributed by atoms with Crippen LogP contribution < -0.4 is 11.1 Å². The lowest BCUT2D eigenvalue weighted by atomic mass is 10.1. The third kappa shape index (κ3) is 2.54. The molecule has 2 rings (SSSR count). The number of thiophene rings is 1. The standard InChI is InChI=1S/C13H14N2OS/c1-9-7-17-8-11(9)13(16)15-12-5-3-2-4-10(12)6-14/h2-5,7-8H,6,14H2,1H3,(H,15,16). The Morgan fingerprint density at radius 1 is 1.35 bits per heavy atom. The van der Waals surface area contributed by atoms with Crippen LogP contribution in [-0.4, -0.2) is 5.91 Å². The first-order valence-electron chi connectivity index (χ1n) is 5.34. The Bertz CT molecular complexity index is 534. The van der Waals surface area contributed by atoms with Gasteiger partial charge >= 0.3 is 0 Å². The minimum Gasteiger partial charge on any atom is -0.326 e. The molecule has 0 aliphatic heterocycles. The Balaban J connectivity index is 2.22. The molecule has 0 aliphatic carbocycles. The van der Waals surface area contributed by atoms with Crippen LogP contribution in [0, 0.1) is 6.92 Å². The molecular weight excluding hydrogens is 232 g/mol. The summed E-state index contributed by atoms with van der Waals surface area (Å²) in [5.74, 6) is -0.0790. The summed E-state index contributed by atoms with van der Waals surface area (Å²) < 4.78 is 0. The van der Waals surface area contributed by atoms with Gasteiger partial charge in [-0.3, -0.25) is 4.79 Å². The number of carbonyl (C=O) groups excluding carboxylic acids is 1. The van der Waals surface area contributed by atoms with E-state index in [4.69, 9.17) is 5.73 Å². The maximum absolute atomic E-state index is 12.0. The van der Waals surface area contributed by atoms with Crippen LogP contribution in [-0.2, 0) is 6.54 Å². The van der Waals surface area contributed by atoms with Gasteiger partial charge in [-0.05, 0) is 29.5 Å². The minimum absolute atomic E-state index is 0.0790. The Morgan fingerprint density at radius 3 is 2.76 bits per heavy atom. The number of benzene rings is 1. The molecule has 0 radical (unpaired) electrons. The molecular formula is C13H14N2OS. The summed E-state index contributed by atoms with van der Waals surface area (Å²) in [7, 11) is 0. The summed E-state index contributed by atoms with van der Waals surface area (Å²) in [5, 5.41) is 6.71. The second-order valence-electron chi connectivity index (χ2n) is 3.78. The highest BCUT2D eigenvalue weighted by Crippen LogP contribution is 2.18. The van der Waals surface area contributed by atoms with Gasteiger partial charge in [0.05, 0.1) is 5.56 Å². The number of carbonyl (C=O) groups is 1. The van der Waals surface area contributed by atoms with Gasteiger partial charge in [0.2, 0.25) is 0 Å². The van der Waals surface area contributed by atoms with Crippen molar-refractivity contribution in [2.75, 3.05) is 5.32 Å². The maximum atomic E-state index is 12.0. The van der Waals surface area contributed by atoms with Crippen molar-refractivity contribution in [1.82, 2.24) is 0 Å². The van der Waals surface area contributed by atoms with Gasteiger partial charge in [0, 0.05) is 17.6 Å². The number of hydrogen-bond acceptors (Lipinski definition) is 3. The highest BCUT2D eigenvalue weighted by molar-refractivity contribution is 7.08. The first-order valence-corrected chi connectivity index (χ1v) is 6.28. The molecule has 3 nitrogen and oxygen atoms in total. The lowest BCUT2D eigenvalue weighted by Crippen LogP contribution is -2.14. The Kier molecular flexibility index (Phi) is 3.56. The van der Waals surface area contributed by atoms with E-state index in [1.54, 1.807) is 0 Å². The molecule has 4 heteroatoms. The number of hydrogen-bond donors (Lipinski definition) is 2. The van der Waals surface area contributed by atoms with Gasteiger partial charge in [-0.2, -0.15) is 11.3 Å². The topological polar surface area (TPSA) is 55.1 Å². The van der Waals surface area contributed by atoms with E-state index >= 15 is 0 Å². The van der Waals surface area contributed by atoms with Crippen molar-refractivity contribution < 1.29 is 4.79 Å². The number of nitrogens with two attached hydrogens (primary N) is 1. The van der Waals surface area contributed by atoms with E-state index in [2.05, 4.69) is 5.32 Å². The molecule has 0 spiro atoms. The summed E-state index contributed by atoms with van der Waals surface area (Å²) in [6, 6.07) is 7.57. The quantitative estimate of drug-likeness (QED) is 0.875. The second-order valence-corrected chi connectivity index (χ2v) is 4.53. The van der Waals surface area contributed by atoms with Gasteiger partial charge in [0.25, 0.3) is 5.91 Å². The average Bonchev–Trinajstić information content (AvgIpc) is 2.76. The van der Waals surface area contributed by atoms with Gasteiger partial charge in [-0.25, -0.2) is 0 Å². The molecule has 0 saturated heterocycles. The fourth-order valence-corrected chi connectivity index (χ4v) is 2.43. The van der Waals surface area contributed by atoms with Gasteiger partial charge in [0.1, 0.15) is 0 Å².